The van der Waals surface area contributed by atoms with Crippen LogP contribution >= 0.6 is 11.9 Å². The Labute approximate surface area is 411 Å². The number of carboxylic acids is 2. The smallest absolute Gasteiger partial charge is 0.326 e. The lowest BCUT2D eigenvalue weighted by atomic mass is 10.0. The number of aliphatic carboxylic acids is 2. The molecule has 0 aliphatic carbocycles. The standard InChI is InChI=1S/C48H90N6O13S/c1-48(2,3)53-46(61)39(54-68-4)21-19-20-28-49-42(56)26-31-64-35-38-67-34-30-51-43(57)27-32-65-36-37-66-33-29-50-41(55)25-24-40(47(62)63)52-44(58)22-17-15-13-11-9-7-5-6-8-10-12-14-16-18-23-45(59)60/h39-40,54H,5-38H2,1-4H3,(H,49,56)(H,50,55)(H,51,57)(H,52,58)(H,53,61)(H,59,60)(H,62,63). The number of carbonyl (C=O) groups excluding carboxylic acids is 5. The molecule has 0 aromatic rings. The Bertz CT molecular complexity index is 1360. The predicted molar refractivity (Wildman–Crippen MR) is 264 cm³/mol. The Morgan fingerprint density at radius 3 is 1.32 bits per heavy atom. The van der Waals surface area contributed by atoms with Crippen molar-refractivity contribution >= 4 is 53.4 Å². The number of carboxylic acid groups (broad SMARTS) is 2. The molecule has 0 saturated carbocycles. The number of amides is 5. The fourth-order valence-electron chi connectivity index (χ4n) is 6.79. The molecule has 2 atom stereocenters. The van der Waals surface area contributed by atoms with Crippen LogP contribution in [0.15, 0.2) is 0 Å². The van der Waals surface area contributed by atoms with Gasteiger partial charge in [0.15, 0.2) is 0 Å². The van der Waals surface area contributed by atoms with Gasteiger partial charge in [0.1, 0.15) is 6.04 Å². The van der Waals surface area contributed by atoms with E-state index < -0.39 is 18.0 Å². The Hall–Kier alpha value is -3.56. The van der Waals surface area contributed by atoms with Crippen LogP contribution in [-0.2, 0) is 52.5 Å². The molecule has 0 aromatic heterocycles. The summed E-state index contributed by atoms with van der Waals surface area (Å²) in [5.74, 6) is -2.86. The van der Waals surface area contributed by atoms with Gasteiger partial charge in [0.05, 0.1) is 58.9 Å². The molecule has 20 heteroatoms. The van der Waals surface area contributed by atoms with E-state index in [1.807, 2.05) is 27.0 Å². The molecule has 0 radical (unpaired) electrons. The first-order valence-electron chi connectivity index (χ1n) is 25.1. The zero-order chi connectivity index (χ0) is 50.5. The van der Waals surface area contributed by atoms with Crippen molar-refractivity contribution in [2.45, 2.75) is 186 Å². The Morgan fingerprint density at radius 1 is 0.456 bits per heavy atom. The molecule has 0 aliphatic heterocycles. The third-order valence-corrected chi connectivity index (χ3v) is 11.0. The molecule has 68 heavy (non-hydrogen) atoms. The maximum atomic E-state index is 12.5. The summed E-state index contributed by atoms with van der Waals surface area (Å²) in [7, 11) is 0. The van der Waals surface area contributed by atoms with Crippen LogP contribution in [0.2, 0.25) is 0 Å². The van der Waals surface area contributed by atoms with Crippen LogP contribution in [-0.4, -0.2) is 148 Å². The molecule has 0 bridgehead atoms. The van der Waals surface area contributed by atoms with Crippen LogP contribution < -0.4 is 31.3 Å². The van der Waals surface area contributed by atoms with Crippen LogP contribution in [0, 0.1) is 0 Å². The van der Waals surface area contributed by atoms with Crippen molar-refractivity contribution in [1.29, 1.82) is 0 Å². The van der Waals surface area contributed by atoms with Gasteiger partial charge in [-0.3, -0.25) is 33.5 Å². The highest BCUT2D eigenvalue weighted by Gasteiger charge is 2.23. The lowest BCUT2D eigenvalue weighted by Gasteiger charge is -2.25. The first-order valence-corrected chi connectivity index (χ1v) is 26.3. The molecular weight excluding hydrogens is 901 g/mol. The molecule has 19 nitrogen and oxygen atoms in total. The third-order valence-electron chi connectivity index (χ3n) is 10.5. The van der Waals surface area contributed by atoms with E-state index in [1.165, 1.54) is 56.9 Å². The zero-order valence-corrected chi connectivity index (χ0v) is 42.8. The van der Waals surface area contributed by atoms with Crippen molar-refractivity contribution in [3.05, 3.63) is 0 Å². The summed E-state index contributed by atoms with van der Waals surface area (Å²) in [6, 6.07) is -1.42. The lowest BCUT2D eigenvalue weighted by molar-refractivity contribution is -0.142. The van der Waals surface area contributed by atoms with Crippen molar-refractivity contribution in [3.63, 3.8) is 0 Å². The summed E-state index contributed by atoms with van der Waals surface area (Å²) in [5.41, 5.74) is -0.297. The number of hydrogen-bond donors (Lipinski definition) is 8. The molecule has 2 unspecified atom stereocenters. The average Bonchev–Trinajstić information content (AvgIpc) is 3.27. The van der Waals surface area contributed by atoms with Crippen LogP contribution in [0.25, 0.3) is 0 Å². The number of unbranched alkanes of at least 4 members (excludes halogenated alkanes) is 14. The maximum Gasteiger partial charge on any atom is 0.326 e. The van der Waals surface area contributed by atoms with E-state index in [0.717, 1.165) is 51.4 Å². The third kappa shape index (κ3) is 44.9. The quantitative estimate of drug-likeness (QED) is 0.0288. The van der Waals surface area contributed by atoms with Gasteiger partial charge in [0.2, 0.25) is 29.5 Å². The molecule has 0 spiro atoms. The number of rotatable bonds is 48. The maximum absolute atomic E-state index is 12.5. The Balaban J connectivity index is 3.68. The van der Waals surface area contributed by atoms with Gasteiger partial charge < -0.3 is 55.7 Å². The van der Waals surface area contributed by atoms with Gasteiger partial charge in [-0.2, -0.15) is 0 Å². The van der Waals surface area contributed by atoms with E-state index in [-0.39, 0.29) is 119 Å². The lowest BCUT2D eigenvalue weighted by Crippen LogP contribution is -2.49. The highest BCUT2D eigenvalue weighted by atomic mass is 32.2. The van der Waals surface area contributed by atoms with Gasteiger partial charge in [-0.25, -0.2) is 4.79 Å². The van der Waals surface area contributed by atoms with E-state index in [9.17, 15) is 38.7 Å². The topological polar surface area (TPSA) is 269 Å². The molecule has 396 valence electrons. The summed E-state index contributed by atoms with van der Waals surface area (Å²) in [6.45, 7) is 9.17. The molecule has 8 N–H and O–H groups in total. The molecule has 5 amide bonds. The average molecular weight is 991 g/mol. The van der Waals surface area contributed by atoms with Crippen LogP contribution in [0.5, 0.6) is 0 Å². The van der Waals surface area contributed by atoms with Gasteiger partial charge >= 0.3 is 11.9 Å². The van der Waals surface area contributed by atoms with Crippen LogP contribution in [0.1, 0.15) is 168 Å². The fraction of sp³-hybridized carbons (Fsp3) is 0.854. The highest BCUT2D eigenvalue weighted by Crippen LogP contribution is 2.14. The first-order chi connectivity index (χ1) is 32.6. The molecular formula is C48H90N6O13S. The molecule has 0 saturated heterocycles. The number of carbonyl (C=O) groups is 7. The molecule has 0 heterocycles. The second-order valence-corrected chi connectivity index (χ2v) is 18.6. The van der Waals surface area contributed by atoms with E-state index >= 15 is 0 Å². The number of nitrogens with one attached hydrogen (secondary N) is 6. The van der Waals surface area contributed by atoms with E-state index in [0.29, 0.717) is 45.8 Å². The second kappa shape index (κ2) is 44.6. The highest BCUT2D eigenvalue weighted by molar-refractivity contribution is 7.96. The van der Waals surface area contributed by atoms with Crippen molar-refractivity contribution in [2.24, 2.45) is 0 Å². The SMILES string of the molecule is CSNC(CCCCNC(=O)CCOCCOCCNC(=O)CCOCCOCCNC(=O)CCC(NC(=O)CCCCCCCCCCCCCCCCC(=O)O)C(=O)O)C(=O)NC(C)(C)C. The van der Waals surface area contributed by atoms with Gasteiger partial charge in [0, 0.05) is 57.3 Å². The summed E-state index contributed by atoms with van der Waals surface area (Å²) in [5, 5.41) is 32.0. The summed E-state index contributed by atoms with van der Waals surface area (Å²) in [4.78, 5) is 83.4. The Kier molecular flexibility index (Phi) is 42.3. The monoisotopic (exact) mass is 991 g/mol. The van der Waals surface area contributed by atoms with E-state index in [4.69, 9.17) is 24.1 Å². The minimum atomic E-state index is -1.18. The van der Waals surface area contributed by atoms with Crippen molar-refractivity contribution < 1.29 is 62.7 Å². The van der Waals surface area contributed by atoms with E-state index in [2.05, 4.69) is 31.3 Å². The van der Waals surface area contributed by atoms with Crippen molar-refractivity contribution in [1.82, 2.24) is 31.3 Å². The van der Waals surface area contributed by atoms with Crippen molar-refractivity contribution in [3.8, 4) is 0 Å². The second-order valence-electron chi connectivity index (χ2n) is 17.9. The number of hydrogen-bond acceptors (Lipinski definition) is 13. The van der Waals surface area contributed by atoms with Crippen molar-refractivity contribution in [2.75, 3.05) is 78.7 Å². The molecule has 0 aromatic carbocycles. The minimum Gasteiger partial charge on any atom is -0.481 e. The van der Waals surface area contributed by atoms with Crippen LogP contribution in [0.4, 0.5) is 0 Å². The summed E-state index contributed by atoms with van der Waals surface area (Å²) in [6.07, 6.45) is 20.1. The first kappa shape index (κ1) is 64.4. The Morgan fingerprint density at radius 2 is 0.882 bits per heavy atom. The molecule has 0 aliphatic rings. The van der Waals surface area contributed by atoms with Crippen LogP contribution in [0.3, 0.4) is 0 Å². The number of ether oxygens (including phenoxy) is 4. The van der Waals surface area contributed by atoms with Gasteiger partial charge in [-0.15, -0.1) is 0 Å². The summed E-state index contributed by atoms with van der Waals surface area (Å²) < 4.78 is 24.9. The normalized spacial score (nSPS) is 12.2. The summed E-state index contributed by atoms with van der Waals surface area (Å²) >= 11 is 1.41. The van der Waals surface area contributed by atoms with Gasteiger partial charge in [-0.1, -0.05) is 89.0 Å². The van der Waals surface area contributed by atoms with E-state index in [1.54, 1.807) is 0 Å². The molecule has 0 rings (SSSR count). The van der Waals surface area contributed by atoms with Gasteiger partial charge in [0.25, 0.3) is 0 Å². The predicted octanol–water partition coefficient (Wildman–Crippen LogP) is 5.18. The largest absolute Gasteiger partial charge is 0.481 e. The fourth-order valence-corrected chi connectivity index (χ4v) is 7.30. The minimum absolute atomic E-state index is 0.0175. The molecule has 0 fully saturated rings. The zero-order valence-electron chi connectivity index (χ0n) is 42.0. The van der Waals surface area contributed by atoms with Gasteiger partial charge in [-0.05, 0) is 65.6 Å².